The molecule has 1 unspecified atom stereocenters. The standard InChI is InChI=1S/C18H19NO3/c1-3-12-4-6-13(7-5-12)10-17-18(21)19(2)15-11-14(20)8-9-16(15)22-17/h4-9,11,17,20H,3,10H2,1-2H3. The number of nitrogens with zero attached hydrogens (tertiary/aromatic N) is 1. The molecule has 1 heterocycles. The third kappa shape index (κ3) is 2.64. The molecular weight excluding hydrogens is 278 g/mol. The predicted molar refractivity (Wildman–Crippen MR) is 85.5 cm³/mol. The van der Waals surface area contributed by atoms with Crippen LogP contribution >= 0.6 is 0 Å². The van der Waals surface area contributed by atoms with Gasteiger partial charge in [0.2, 0.25) is 0 Å². The number of aryl methyl sites for hydroxylation is 1. The van der Waals surface area contributed by atoms with Gasteiger partial charge in [0, 0.05) is 19.5 Å². The van der Waals surface area contributed by atoms with Crippen molar-refractivity contribution in [3.8, 4) is 11.5 Å². The summed E-state index contributed by atoms with van der Waals surface area (Å²) in [5.41, 5.74) is 2.95. The predicted octanol–water partition coefficient (Wildman–Crippen LogP) is 2.92. The Kier molecular flexibility index (Phi) is 3.75. The van der Waals surface area contributed by atoms with Crippen LogP contribution in [0, 0.1) is 0 Å². The summed E-state index contributed by atoms with van der Waals surface area (Å²) < 4.78 is 5.83. The first kappa shape index (κ1) is 14.4. The minimum absolute atomic E-state index is 0.0994. The van der Waals surface area contributed by atoms with E-state index in [-0.39, 0.29) is 11.7 Å². The van der Waals surface area contributed by atoms with Crippen LogP contribution in [-0.4, -0.2) is 24.2 Å². The van der Waals surface area contributed by atoms with Crippen LogP contribution in [0.3, 0.4) is 0 Å². The van der Waals surface area contributed by atoms with E-state index in [4.69, 9.17) is 4.74 Å². The van der Waals surface area contributed by atoms with Crippen molar-refractivity contribution in [1.29, 1.82) is 0 Å². The fraction of sp³-hybridized carbons (Fsp3) is 0.278. The number of phenolic OH excluding ortho intramolecular Hbond substituents is 1. The molecule has 1 amide bonds. The molecule has 0 spiro atoms. The zero-order valence-corrected chi connectivity index (χ0v) is 12.7. The molecule has 3 rings (SSSR count). The Morgan fingerprint density at radius 2 is 1.82 bits per heavy atom. The molecule has 114 valence electrons. The minimum Gasteiger partial charge on any atom is -0.508 e. The van der Waals surface area contributed by atoms with E-state index < -0.39 is 6.10 Å². The van der Waals surface area contributed by atoms with Crippen molar-refractivity contribution in [3.63, 3.8) is 0 Å². The van der Waals surface area contributed by atoms with E-state index in [1.807, 2.05) is 12.1 Å². The lowest BCUT2D eigenvalue weighted by molar-refractivity contribution is -0.125. The highest BCUT2D eigenvalue weighted by atomic mass is 16.5. The smallest absolute Gasteiger partial charge is 0.268 e. The van der Waals surface area contributed by atoms with Gasteiger partial charge in [-0.05, 0) is 29.7 Å². The molecule has 1 aliphatic heterocycles. The molecule has 0 radical (unpaired) electrons. The van der Waals surface area contributed by atoms with Crippen LogP contribution < -0.4 is 9.64 Å². The van der Waals surface area contributed by atoms with E-state index in [0.29, 0.717) is 17.9 Å². The third-order valence-electron chi connectivity index (χ3n) is 4.03. The summed E-state index contributed by atoms with van der Waals surface area (Å²) >= 11 is 0. The summed E-state index contributed by atoms with van der Waals surface area (Å²) in [7, 11) is 1.70. The maximum absolute atomic E-state index is 12.4. The van der Waals surface area contributed by atoms with Crippen molar-refractivity contribution < 1.29 is 14.6 Å². The molecule has 0 aromatic heterocycles. The molecule has 0 aliphatic carbocycles. The van der Waals surface area contributed by atoms with E-state index >= 15 is 0 Å². The highest BCUT2D eigenvalue weighted by molar-refractivity contribution is 5.99. The number of amides is 1. The van der Waals surface area contributed by atoms with E-state index in [1.165, 1.54) is 5.56 Å². The van der Waals surface area contributed by atoms with Gasteiger partial charge in [0.1, 0.15) is 11.5 Å². The number of phenols is 1. The second kappa shape index (κ2) is 5.72. The number of aromatic hydroxyl groups is 1. The Morgan fingerprint density at radius 3 is 2.50 bits per heavy atom. The van der Waals surface area contributed by atoms with Crippen LogP contribution in [0.5, 0.6) is 11.5 Å². The number of benzene rings is 2. The summed E-state index contributed by atoms with van der Waals surface area (Å²) in [6.45, 7) is 2.12. The molecule has 2 aromatic carbocycles. The van der Waals surface area contributed by atoms with Crippen molar-refractivity contribution in [2.45, 2.75) is 25.9 Å². The Bertz CT molecular complexity index is 694. The Morgan fingerprint density at radius 1 is 1.14 bits per heavy atom. The van der Waals surface area contributed by atoms with E-state index in [0.717, 1.165) is 12.0 Å². The van der Waals surface area contributed by atoms with Crippen LogP contribution in [0.2, 0.25) is 0 Å². The van der Waals surface area contributed by atoms with Crippen LogP contribution in [0.1, 0.15) is 18.1 Å². The summed E-state index contributed by atoms with van der Waals surface area (Å²) in [5.74, 6) is 0.642. The SMILES string of the molecule is CCc1ccc(CC2Oc3ccc(O)cc3N(C)C2=O)cc1. The van der Waals surface area contributed by atoms with Crippen molar-refractivity contribution in [2.75, 3.05) is 11.9 Å². The lowest BCUT2D eigenvalue weighted by Gasteiger charge is -2.32. The summed E-state index contributed by atoms with van der Waals surface area (Å²) in [5, 5.41) is 9.55. The summed E-state index contributed by atoms with van der Waals surface area (Å²) in [6.07, 6.45) is 1.00. The number of hydrogen-bond acceptors (Lipinski definition) is 3. The van der Waals surface area contributed by atoms with Gasteiger partial charge in [0.15, 0.2) is 6.10 Å². The summed E-state index contributed by atoms with van der Waals surface area (Å²) in [4.78, 5) is 14.0. The number of anilines is 1. The van der Waals surface area contributed by atoms with Gasteiger partial charge in [-0.3, -0.25) is 4.79 Å². The molecule has 2 aromatic rings. The van der Waals surface area contributed by atoms with Crippen molar-refractivity contribution >= 4 is 11.6 Å². The molecule has 0 fully saturated rings. The number of hydrogen-bond donors (Lipinski definition) is 1. The molecule has 4 nitrogen and oxygen atoms in total. The van der Waals surface area contributed by atoms with Crippen molar-refractivity contribution in [3.05, 3.63) is 53.6 Å². The number of rotatable bonds is 3. The normalized spacial score (nSPS) is 17.1. The highest BCUT2D eigenvalue weighted by Crippen LogP contribution is 2.36. The Balaban J connectivity index is 1.83. The fourth-order valence-electron chi connectivity index (χ4n) is 2.66. The quantitative estimate of drug-likeness (QED) is 0.947. The molecule has 4 heteroatoms. The molecule has 0 saturated heterocycles. The number of ether oxygens (including phenoxy) is 1. The van der Waals surface area contributed by atoms with Crippen LogP contribution in [0.4, 0.5) is 5.69 Å². The summed E-state index contributed by atoms with van der Waals surface area (Å²) in [6, 6.07) is 13.1. The van der Waals surface area contributed by atoms with Crippen LogP contribution in [0.15, 0.2) is 42.5 Å². The lowest BCUT2D eigenvalue weighted by Crippen LogP contribution is -2.44. The van der Waals surface area contributed by atoms with E-state index in [9.17, 15) is 9.90 Å². The fourth-order valence-corrected chi connectivity index (χ4v) is 2.66. The molecule has 0 saturated carbocycles. The van der Waals surface area contributed by atoms with Crippen molar-refractivity contribution in [1.82, 2.24) is 0 Å². The van der Waals surface area contributed by atoms with Gasteiger partial charge >= 0.3 is 0 Å². The van der Waals surface area contributed by atoms with Gasteiger partial charge in [0.25, 0.3) is 5.91 Å². The highest BCUT2D eigenvalue weighted by Gasteiger charge is 2.32. The largest absolute Gasteiger partial charge is 0.508 e. The van der Waals surface area contributed by atoms with Crippen molar-refractivity contribution in [2.24, 2.45) is 0 Å². The number of carbonyl (C=O) groups is 1. The minimum atomic E-state index is -0.533. The number of carbonyl (C=O) groups excluding carboxylic acids is 1. The molecule has 1 aliphatic rings. The van der Waals surface area contributed by atoms with Gasteiger partial charge in [-0.15, -0.1) is 0 Å². The van der Waals surface area contributed by atoms with Gasteiger partial charge < -0.3 is 14.7 Å². The third-order valence-corrected chi connectivity index (χ3v) is 4.03. The lowest BCUT2D eigenvalue weighted by atomic mass is 10.0. The van der Waals surface area contributed by atoms with Gasteiger partial charge in [-0.2, -0.15) is 0 Å². The number of fused-ring (bicyclic) bond motifs is 1. The van der Waals surface area contributed by atoms with E-state index in [2.05, 4.69) is 19.1 Å². The zero-order valence-electron chi connectivity index (χ0n) is 12.7. The van der Waals surface area contributed by atoms with E-state index in [1.54, 1.807) is 30.1 Å². The maximum Gasteiger partial charge on any atom is 0.268 e. The van der Waals surface area contributed by atoms with Gasteiger partial charge in [-0.25, -0.2) is 0 Å². The first-order chi connectivity index (χ1) is 10.6. The average molecular weight is 297 g/mol. The first-order valence-electron chi connectivity index (χ1n) is 7.43. The van der Waals surface area contributed by atoms with Crippen LogP contribution in [0.25, 0.3) is 0 Å². The molecule has 0 bridgehead atoms. The maximum atomic E-state index is 12.4. The number of likely N-dealkylation sites (N-methyl/N-ethyl adjacent to an activating group) is 1. The second-order valence-electron chi connectivity index (χ2n) is 5.53. The van der Waals surface area contributed by atoms with Gasteiger partial charge in [-0.1, -0.05) is 31.2 Å². The molecular formula is C18H19NO3. The topological polar surface area (TPSA) is 49.8 Å². The first-order valence-corrected chi connectivity index (χ1v) is 7.43. The Hall–Kier alpha value is -2.49. The average Bonchev–Trinajstić information content (AvgIpc) is 2.54. The Labute approximate surface area is 130 Å². The molecule has 1 N–H and O–H groups in total. The zero-order chi connectivity index (χ0) is 15.7. The monoisotopic (exact) mass is 297 g/mol. The molecule has 22 heavy (non-hydrogen) atoms. The van der Waals surface area contributed by atoms with Gasteiger partial charge in [0.05, 0.1) is 5.69 Å². The molecule has 1 atom stereocenters. The van der Waals surface area contributed by atoms with Crippen LogP contribution in [-0.2, 0) is 17.6 Å². The second-order valence-corrected chi connectivity index (χ2v) is 5.53.